The van der Waals surface area contributed by atoms with Gasteiger partial charge in [0.1, 0.15) is 0 Å². The lowest BCUT2D eigenvalue weighted by molar-refractivity contribution is 0.513. The minimum Gasteiger partial charge on any atom is -0.323 e. The van der Waals surface area contributed by atoms with Crippen LogP contribution in [0.3, 0.4) is 0 Å². The third-order valence-electron chi connectivity index (χ3n) is 4.22. The fraction of sp³-hybridized carbons (Fsp3) is 0. The zero-order chi connectivity index (χ0) is 21.3. The molecule has 31 heavy (non-hydrogen) atoms. The van der Waals surface area contributed by atoms with Gasteiger partial charge in [0.25, 0.3) is 0 Å². The molecule has 5 aromatic rings. The zero-order valence-corrected chi connectivity index (χ0v) is 16.6. The number of para-hydroxylation sites is 4. The van der Waals surface area contributed by atoms with Crippen LogP contribution in [0.1, 0.15) is 0 Å². The molecule has 12 nitrogen and oxygen atoms in total. The predicted octanol–water partition coefficient (Wildman–Crippen LogP) is 2.24. The van der Waals surface area contributed by atoms with Crippen molar-refractivity contribution in [1.29, 1.82) is 0 Å². The number of anilines is 3. The molecule has 0 fully saturated rings. The summed E-state index contributed by atoms with van der Waals surface area (Å²) in [5, 5.41) is 0. The van der Waals surface area contributed by atoms with E-state index < -0.39 is 10.2 Å². The summed E-state index contributed by atoms with van der Waals surface area (Å²) >= 11 is 0. The summed E-state index contributed by atoms with van der Waals surface area (Å²) in [6.07, 6.45) is 2.85. The van der Waals surface area contributed by atoms with E-state index in [1.165, 1.54) is 12.4 Å². The maximum atomic E-state index is 13.1. The van der Waals surface area contributed by atoms with Gasteiger partial charge in [-0.05, 0) is 30.3 Å². The monoisotopic (exact) mass is 436 g/mol. The molecule has 3 aromatic heterocycles. The van der Waals surface area contributed by atoms with Gasteiger partial charge >= 0.3 is 10.2 Å². The molecule has 0 spiro atoms. The van der Waals surface area contributed by atoms with Crippen LogP contribution in [0.4, 0.5) is 17.8 Å². The Morgan fingerprint density at radius 2 is 1.26 bits per heavy atom. The Kier molecular flexibility index (Phi) is 4.57. The molecule has 0 aliphatic heterocycles. The molecule has 0 aliphatic rings. The normalized spacial score (nSPS) is 11.8. The minimum atomic E-state index is -4.23. The molecule has 0 bridgehead atoms. The number of hydrogen-bond acceptors (Lipinski definition) is 8. The SMILES string of the molecule is O=S(=O)(Nc1ncccn1)N(Nc1nc2ccccc2[nH]1)Nc1nc2ccccc2[nH]1. The first-order chi connectivity index (χ1) is 15.1. The molecule has 2 aromatic carbocycles. The van der Waals surface area contributed by atoms with Crippen molar-refractivity contribution in [2.45, 2.75) is 0 Å². The van der Waals surface area contributed by atoms with Crippen LogP contribution >= 0.6 is 0 Å². The fourth-order valence-electron chi connectivity index (χ4n) is 2.86. The van der Waals surface area contributed by atoms with Gasteiger partial charge in [-0.3, -0.25) is 10.9 Å². The fourth-order valence-corrected chi connectivity index (χ4v) is 3.71. The van der Waals surface area contributed by atoms with Crippen molar-refractivity contribution in [2.24, 2.45) is 0 Å². The first kappa shape index (κ1) is 18.8. The van der Waals surface area contributed by atoms with Crippen molar-refractivity contribution in [3.05, 3.63) is 67.0 Å². The second-order valence-electron chi connectivity index (χ2n) is 6.37. The topological polar surface area (TPSA) is 157 Å². The van der Waals surface area contributed by atoms with Crippen LogP contribution in [0.2, 0.25) is 0 Å². The van der Waals surface area contributed by atoms with Crippen LogP contribution in [0.25, 0.3) is 22.1 Å². The van der Waals surface area contributed by atoms with E-state index in [-0.39, 0.29) is 17.8 Å². The van der Waals surface area contributed by atoms with Gasteiger partial charge in [-0.15, -0.1) is 0 Å². The van der Waals surface area contributed by atoms with Gasteiger partial charge < -0.3 is 9.97 Å². The molecule has 3 heterocycles. The van der Waals surface area contributed by atoms with Crippen LogP contribution in [0.15, 0.2) is 67.0 Å². The quantitative estimate of drug-likeness (QED) is 0.243. The van der Waals surface area contributed by atoms with E-state index in [2.05, 4.69) is 45.5 Å². The number of aromatic amines is 2. The number of hydrazine groups is 2. The molecule has 0 saturated heterocycles. The van der Waals surface area contributed by atoms with Crippen molar-refractivity contribution in [2.75, 3.05) is 15.6 Å². The molecule has 5 N–H and O–H groups in total. The first-order valence-electron chi connectivity index (χ1n) is 9.10. The largest absolute Gasteiger partial charge is 0.339 e. The van der Waals surface area contributed by atoms with Crippen molar-refractivity contribution in [3.8, 4) is 0 Å². The highest BCUT2D eigenvalue weighted by atomic mass is 32.2. The average molecular weight is 436 g/mol. The third kappa shape index (κ3) is 3.94. The predicted molar refractivity (Wildman–Crippen MR) is 116 cm³/mol. The lowest BCUT2D eigenvalue weighted by atomic mass is 10.3. The summed E-state index contributed by atoms with van der Waals surface area (Å²) in [5.74, 6) is 0.304. The van der Waals surface area contributed by atoms with E-state index in [0.29, 0.717) is 11.0 Å². The van der Waals surface area contributed by atoms with Crippen molar-refractivity contribution in [3.63, 3.8) is 0 Å². The molecule has 5 rings (SSSR count). The van der Waals surface area contributed by atoms with Crippen molar-refractivity contribution >= 4 is 50.1 Å². The van der Waals surface area contributed by atoms with E-state index in [9.17, 15) is 8.42 Å². The van der Waals surface area contributed by atoms with Crippen molar-refractivity contribution in [1.82, 2.24) is 34.4 Å². The Labute approximate surface area is 175 Å². The molecule has 156 valence electrons. The molecular formula is C18H16N10O2S. The first-order valence-corrected chi connectivity index (χ1v) is 10.5. The third-order valence-corrected chi connectivity index (χ3v) is 5.32. The Balaban J connectivity index is 1.48. The van der Waals surface area contributed by atoms with E-state index in [4.69, 9.17) is 0 Å². The van der Waals surface area contributed by atoms with Crippen LogP contribution in [-0.4, -0.2) is 42.8 Å². The Hall–Kier alpha value is -4.23. The maximum absolute atomic E-state index is 13.1. The minimum absolute atomic E-state index is 0.0923. The number of imidazole rings is 2. The highest BCUT2D eigenvalue weighted by molar-refractivity contribution is 7.90. The molecule has 13 heteroatoms. The molecule has 0 saturated carbocycles. The second kappa shape index (κ2) is 7.55. The molecule has 0 unspecified atom stereocenters. The molecule has 0 atom stereocenters. The summed E-state index contributed by atoms with van der Waals surface area (Å²) in [5.41, 5.74) is 8.25. The lowest BCUT2D eigenvalue weighted by Crippen LogP contribution is -2.45. The summed E-state index contributed by atoms with van der Waals surface area (Å²) < 4.78 is 29.2. The van der Waals surface area contributed by atoms with E-state index >= 15 is 0 Å². The number of aromatic nitrogens is 6. The number of nitrogens with zero attached hydrogens (tertiary/aromatic N) is 5. The summed E-state index contributed by atoms with van der Waals surface area (Å²) in [6, 6.07) is 16.2. The number of fused-ring (bicyclic) bond motifs is 2. The van der Waals surface area contributed by atoms with Gasteiger partial charge in [0.15, 0.2) is 0 Å². The number of nitrogens with one attached hydrogen (secondary N) is 5. The van der Waals surface area contributed by atoms with E-state index in [0.717, 1.165) is 15.6 Å². The number of hydrogen-bond donors (Lipinski definition) is 5. The molecule has 0 aliphatic carbocycles. The smallest absolute Gasteiger partial charge is 0.323 e. The van der Waals surface area contributed by atoms with Gasteiger partial charge in [0.2, 0.25) is 17.8 Å². The van der Waals surface area contributed by atoms with Gasteiger partial charge in [0.05, 0.1) is 22.1 Å². The summed E-state index contributed by atoms with van der Waals surface area (Å²) in [7, 11) is -4.23. The standard InChI is InChI=1S/C18H16N10O2S/c29-31(30,27-16-19-10-5-11-20-16)28(25-17-21-12-6-1-2-7-13(12)22-17)26-18-23-14-8-3-4-9-15(14)24-18/h1-11H,(H,19,20,27)(H2,21,22,25)(H2,23,24,26). The van der Waals surface area contributed by atoms with Crippen LogP contribution in [-0.2, 0) is 10.2 Å². The van der Waals surface area contributed by atoms with E-state index in [1.807, 2.05) is 36.4 Å². The highest BCUT2D eigenvalue weighted by Gasteiger charge is 2.26. The molecule has 0 amide bonds. The molecule has 0 radical (unpaired) electrons. The van der Waals surface area contributed by atoms with E-state index in [1.54, 1.807) is 18.2 Å². The van der Waals surface area contributed by atoms with Gasteiger partial charge in [-0.1, -0.05) is 24.3 Å². The number of benzene rings is 2. The van der Waals surface area contributed by atoms with Gasteiger partial charge in [-0.25, -0.2) is 24.7 Å². The molecular weight excluding hydrogens is 420 g/mol. The lowest BCUT2D eigenvalue weighted by Gasteiger charge is -2.22. The van der Waals surface area contributed by atoms with Gasteiger partial charge in [0, 0.05) is 16.9 Å². The van der Waals surface area contributed by atoms with Crippen LogP contribution < -0.4 is 15.6 Å². The summed E-state index contributed by atoms with van der Waals surface area (Å²) in [6.45, 7) is 0. The Bertz CT molecular complexity index is 1310. The maximum Gasteiger partial charge on any atom is 0.339 e. The van der Waals surface area contributed by atoms with Gasteiger partial charge in [-0.2, -0.15) is 8.42 Å². The number of H-pyrrole nitrogens is 2. The highest BCUT2D eigenvalue weighted by Crippen LogP contribution is 2.18. The zero-order valence-electron chi connectivity index (χ0n) is 15.8. The number of rotatable bonds is 7. The van der Waals surface area contributed by atoms with Crippen LogP contribution in [0.5, 0.6) is 0 Å². The van der Waals surface area contributed by atoms with Crippen LogP contribution in [0, 0.1) is 0 Å². The second-order valence-corrected chi connectivity index (χ2v) is 7.89. The summed E-state index contributed by atoms with van der Waals surface area (Å²) in [4.78, 5) is 22.5. The Morgan fingerprint density at radius 3 is 1.77 bits per heavy atom. The van der Waals surface area contributed by atoms with Crippen molar-refractivity contribution < 1.29 is 8.42 Å². The Morgan fingerprint density at radius 1 is 0.742 bits per heavy atom. The average Bonchev–Trinajstić information content (AvgIpc) is 3.36.